The lowest BCUT2D eigenvalue weighted by Crippen LogP contribution is -2.63. The zero-order chi connectivity index (χ0) is 30.3. The number of methoxy groups -OCH3 is 2. The van der Waals surface area contributed by atoms with Crippen LogP contribution in [0.25, 0.3) is 0 Å². The Morgan fingerprint density at radius 2 is 2.02 bits per heavy atom. The van der Waals surface area contributed by atoms with Gasteiger partial charge in [0.1, 0.15) is 29.1 Å². The number of allylic oxidation sites excluding steroid dienone is 3. The lowest BCUT2D eigenvalue weighted by atomic mass is 9.79. The highest BCUT2D eigenvalue weighted by atomic mass is 35.5. The van der Waals surface area contributed by atoms with Crippen molar-refractivity contribution in [3.8, 4) is 5.75 Å². The molecular weight excluding hydrogens is 552 g/mol. The highest BCUT2D eigenvalue weighted by molar-refractivity contribution is 6.35. The van der Waals surface area contributed by atoms with Crippen LogP contribution in [0, 0.1) is 11.8 Å². The van der Waals surface area contributed by atoms with Crippen LogP contribution in [0.15, 0.2) is 35.9 Å². The van der Waals surface area contributed by atoms with Crippen molar-refractivity contribution < 1.29 is 38.4 Å². The molecule has 0 aliphatic carbocycles. The van der Waals surface area contributed by atoms with Crippen molar-refractivity contribution in [1.29, 1.82) is 0 Å². The first-order chi connectivity index (χ1) is 19.5. The number of carbonyl (C=O) groups excluding carboxylic acids is 3. The lowest BCUT2D eigenvalue weighted by molar-refractivity contribution is -0.146. The number of halogens is 1. The molecule has 4 bridgehead atoms. The van der Waals surface area contributed by atoms with Crippen LogP contribution in [0.1, 0.15) is 52.0 Å². The zero-order valence-corrected chi connectivity index (χ0v) is 25.3. The average molecular weight is 593 g/mol. The summed E-state index contributed by atoms with van der Waals surface area (Å²) in [5.41, 5.74) is 0.602. The van der Waals surface area contributed by atoms with E-state index in [1.165, 1.54) is 19.1 Å². The highest BCUT2D eigenvalue weighted by Crippen LogP contribution is 2.38. The Bertz CT molecular complexity index is 1170. The van der Waals surface area contributed by atoms with Crippen LogP contribution in [0.3, 0.4) is 0 Å². The molecule has 2 amide bonds. The average Bonchev–Trinajstić information content (AvgIpc) is 2.92. The first-order valence-electron chi connectivity index (χ1n) is 13.8. The van der Waals surface area contributed by atoms with Crippen LogP contribution in [0.5, 0.6) is 5.75 Å². The van der Waals surface area contributed by atoms with Crippen molar-refractivity contribution in [1.82, 2.24) is 5.32 Å². The summed E-state index contributed by atoms with van der Waals surface area (Å²) in [5, 5.41) is 14.4. The van der Waals surface area contributed by atoms with Gasteiger partial charge in [-0.05, 0) is 49.3 Å². The Morgan fingerprint density at radius 3 is 2.66 bits per heavy atom. The van der Waals surface area contributed by atoms with Crippen LogP contribution in [0.4, 0.5) is 10.5 Å². The second-order valence-corrected chi connectivity index (χ2v) is 11.2. The second kappa shape index (κ2) is 14.2. The number of nitrogens with zero attached hydrogens (tertiary/aromatic N) is 1. The number of carbonyl (C=O) groups is 3. The predicted octanol–water partition coefficient (Wildman–Crippen LogP) is 4.56. The number of fused-ring (bicyclic) bond motifs is 4. The summed E-state index contributed by atoms with van der Waals surface area (Å²) in [7, 11) is 4.60. The van der Waals surface area contributed by atoms with Crippen LogP contribution < -0.4 is 15.0 Å². The summed E-state index contributed by atoms with van der Waals surface area (Å²) in [4.78, 5) is 38.9. The van der Waals surface area contributed by atoms with E-state index in [9.17, 15) is 19.5 Å². The van der Waals surface area contributed by atoms with Crippen LogP contribution in [-0.4, -0.2) is 68.9 Å². The largest absolute Gasteiger partial charge is 0.495 e. The van der Waals surface area contributed by atoms with Gasteiger partial charge in [0.25, 0.3) is 6.47 Å². The number of alkyl carbamates (subject to hydrolysis) is 1. The van der Waals surface area contributed by atoms with Gasteiger partial charge in [0.15, 0.2) is 5.72 Å². The standard InChI is InChI=1S/C30H41ClN2O8/c1-7-21-14-22(40-17-34)15-27(35)33(4)23-12-20(13-24(38-5)28(23)31)11-18(2)9-8-10-26(39-6)30(37)16-25(19(21)3)41-29(36)32-30/h8-10,12-13,17,19,21-22,25-26,37H,7,11,14-16H2,1-6H3,(H,32,36)/b10-8+,18-9+. The molecule has 0 radical (unpaired) electrons. The van der Waals surface area contributed by atoms with E-state index >= 15 is 0 Å². The lowest BCUT2D eigenvalue weighted by Gasteiger charge is -2.43. The molecular formula is C30H41ClN2O8. The molecule has 0 aromatic heterocycles. The van der Waals surface area contributed by atoms with E-state index in [4.69, 9.17) is 30.5 Å². The molecule has 3 rings (SSSR count). The highest BCUT2D eigenvalue weighted by Gasteiger charge is 2.47. The number of hydrogen-bond acceptors (Lipinski definition) is 8. The number of hydrogen-bond donors (Lipinski definition) is 2. The van der Waals surface area contributed by atoms with Gasteiger partial charge < -0.3 is 29.0 Å². The van der Waals surface area contributed by atoms with E-state index in [0.29, 0.717) is 42.2 Å². The molecule has 2 heterocycles. The van der Waals surface area contributed by atoms with E-state index in [1.54, 1.807) is 19.2 Å². The quantitative estimate of drug-likeness (QED) is 0.477. The van der Waals surface area contributed by atoms with Crippen LogP contribution in [-0.2, 0) is 30.2 Å². The summed E-state index contributed by atoms with van der Waals surface area (Å²) in [5.74, 6) is -0.198. The molecule has 226 valence electrons. The molecule has 1 saturated heterocycles. The maximum Gasteiger partial charge on any atom is 0.409 e. The number of ether oxygens (including phenoxy) is 4. The smallest absolute Gasteiger partial charge is 0.409 e. The van der Waals surface area contributed by atoms with Crippen molar-refractivity contribution in [3.05, 3.63) is 46.5 Å². The monoisotopic (exact) mass is 592 g/mol. The van der Waals surface area contributed by atoms with Crippen molar-refractivity contribution in [2.45, 2.75) is 76.9 Å². The van der Waals surface area contributed by atoms with E-state index in [-0.39, 0.29) is 30.6 Å². The molecule has 41 heavy (non-hydrogen) atoms. The number of aliphatic hydroxyl groups is 1. The fourth-order valence-corrected chi connectivity index (χ4v) is 5.93. The molecule has 2 N–H and O–H groups in total. The minimum absolute atomic E-state index is 0.0763. The van der Waals surface area contributed by atoms with Gasteiger partial charge in [-0.3, -0.25) is 14.9 Å². The Hall–Kier alpha value is -3.08. The predicted molar refractivity (Wildman–Crippen MR) is 155 cm³/mol. The molecule has 10 nitrogen and oxygen atoms in total. The first-order valence-corrected chi connectivity index (χ1v) is 14.1. The molecule has 11 heteroatoms. The van der Waals surface area contributed by atoms with E-state index in [2.05, 4.69) is 5.32 Å². The molecule has 2 aliphatic heterocycles. The van der Waals surface area contributed by atoms with Crippen molar-refractivity contribution in [2.24, 2.45) is 11.8 Å². The minimum Gasteiger partial charge on any atom is -0.495 e. The molecule has 6 unspecified atom stereocenters. The molecule has 1 aromatic carbocycles. The fraction of sp³-hybridized carbons (Fsp3) is 0.567. The summed E-state index contributed by atoms with van der Waals surface area (Å²) in [6.45, 7) is 6.19. The number of benzene rings is 1. The van der Waals surface area contributed by atoms with Gasteiger partial charge in [-0.2, -0.15) is 0 Å². The molecule has 1 fully saturated rings. The van der Waals surface area contributed by atoms with Gasteiger partial charge in [0.2, 0.25) is 5.91 Å². The Balaban J connectivity index is 2.09. The first kappa shape index (κ1) is 32.4. The zero-order valence-electron chi connectivity index (χ0n) is 24.5. The summed E-state index contributed by atoms with van der Waals surface area (Å²) in [6.07, 6.45) is 3.91. The third-order valence-corrected chi connectivity index (χ3v) is 8.45. The van der Waals surface area contributed by atoms with Crippen molar-refractivity contribution >= 4 is 35.8 Å². The summed E-state index contributed by atoms with van der Waals surface area (Å²) in [6, 6.07) is 3.65. The van der Waals surface area contributed by atoms with Crippen LogP contribution in [0.2, 0.25) is 5.02 Å². The van der Waals surface area contributed by atoms with Crippen molar-refractivity contribution in [3.63, 3.8) is 0 Å². The Labute approximate surface area is 246 Å². The third-order valence-electron chi connectivity index (χ3n) is 8.07. The Kier molecular flexibility index (Phi) is 11.2. The van der Waals surface area contributed by atoms with Crippen LogP contribution >= 0.6 is 11.6 Å². The second-order valence-electron chi connectivity index (χ2n) is 10.8. The summed E-state index contributed by atoms with van der Waals surface area (Å²) >= 11 is 6.62. The van der Waals surface area contributed by atoms with Gasteiger partial charge in [-0.1, -0.05) is 55.7 Å². The van der Waals surface area contributed by atoms with E-state index in [1.807, 2.05) is 39.0 Å². The number of anilines is 1. The van der Waals surface area contributed by atoms with E-state index in [0.717, 1.165) is 11.1 Å². The SMILES string of the molecule is CCC1CC(OC=O)CC(=O)N(C)c2cc(cc(OC)c2Cl)C/C(C)=C/C=C/C(OC)C2(O)CC(OC(=O)N2)C1C. The molecule has 6 atom stereocenters. The minimum atomic E-state index is -1.71. The summed E-state index contributed by atoms with van der Waals surface area (Å²) < 4.78 is 22.1. The maximum absolute atomic E-state index is 13.4. The van der Waals surface area contributed by atoms with Gasteiger partial charge in [-0.25, -0.2) is 4.79 Å². The topological polar surface area (TPSA) is 124 Å². The Morgan fingerprint density at radius 1 is 1.29 bits per heavy atom. The van der Waals surface area contributed by atoms with Crippen molar-refractivity contribution in [2.75, 3.05) is 26.2 Å². The van der Waals surface area contributed by atoms with E-state index < -0.39 is 30.1 Å². The van der Waals surface area contributed by atoms with Gasteiger partial charge >= 0.3 is 6.09 Å². The fourth-order valence-electron chi connectivity index (χ4n) is 5.62. The van der Waals surface area contributed by atoms with Gasteiger partial charge in [0.05, 0.1) is 19.2 Å². The molecule has 2 aliphatic rings. The number of nitrogens with one attached hydrogen (secondary N) is 1. The molecule has 0 saturated carbocycles. The van der Waals surface area contributed by atoms with Gasteiger partial charge in [-0.15, -0.1) is 0 Å². The third kappa shape index (κ3) is 7.81. The normalized spacial score (nSPS) is 31.8. The maximum atomic E-state index is 13.4. The number of amides is 2. The van der Waals surface area contributed by atoms with Gasteiger partial charge in [0, 0.05) is 20.6 Å². The number of rotatable bonds is 5. The molecule has 0 spiro atoms. The molecule has 1 aromatic rings.